The highest BCUT2D eigenvalue weighted by Crippen LogP contribution is 2.36. The monoisotopic (exact) mass is 987 g/mol. The van der Waals surface area contributed by atoms with Gasteiger partial charge in [-0.2, -0.15) is 0 Å². The fourth-order valence-electron chi connectivity index (χ4n) is 8.46. The van der Waals surface area contributed by atoms with Gasteiger partial charge in [0, 0.05) is 53.1 Å². The zero-order valence-electron chi connectivity index (χ0n) is 44.7. The third kappa shape index (κ3) is 20.5. The second-order valence-corrected chi connectivity index (χ2v) is 21.0. The molecule has 0 aliphatic carbocycles. The fraction of sp³-hybridized carbons (Fsp3) is 0.704. The Kier molecular flexibility index (Phi) is 24.6. The number of piperidine rings is 2. The highest BCUT2D eigenvalue weighted by Gasteiger charge is 2.45. The maximum Gasteiger partial charge on any atom is 0.509 e. The van der Waals surface area contributed by atoms with Gasteiger partial charge < -0.3 is 53.1 Å². The molecule has 0 unspecified atom stereocenters. The molecule has 2 aliphatic rings. The van der Waals surface area contributed by atoms with E-state index in [1.165, 1.54) is 0 Å². The van der Waals surface area contributed by atoms with E-state index < -0.39 is 41.7 Å². The van der Waals surface area contributed by atoms with E-state index in [0.717, 1.165) is 53.2 Å². The Morgan fingerprint density at radius 1 is 0.686 bits per heavy atom. The maximum atomic E-state index is 13.3. The topological polar surface area (TPSA) is 187 Å². The van der Waals surface area contributed by atoms with Crippen LogP contribution >= 0.6 is 0 Å². The van der Waals surface area contributed by atoms with Gasteiger partial charge in [0.05, 0.1) is 45.6 Å². The quantitative estimate of drug-likeness (QED) is 0.0792. The number of nitrogens with zero attached hydrogens (tertiary/aromatic N) is 1. The Morgan fingerprint density at radius 2 is 1.19 bits per heavy atom. The molecule has 2 fully saturated rings. The van der Waals surface area contributed by atoms with Gasteiger partial charge in [-0.05, 0) is 139 Å². The molecule has 0 saturated carbocycles. The molecule has 2 aliphatic heterocycles. The lowest BCUT2D eigenvalue weighted by molar-refractivity contribution is -0.143. The Balaban J connectivity index is 0.000000401. The van der Waals surface area contributed by atoms with E-state index in [9.17, 15) is 24.3 Å². The lowest BCUT2D eigenvalue weighted by atomic mass is 9.81. The highest BCUT2D eigenvalue weighted by molar-refractivity contribution is 5.93. The molecule has 2 heterocycles. The largest absolute Gasteiger partial charge is 0.509 e. The van der Waals surface area contributed by atoms with E-state index in [1.54, 1.807) is 70.0 Å². The molecule has 0 bridgehead atoms. The van der Waals surface area contributed by atoms with Gasteiger partial charge in [-0.25, -0.2) is 14.5 Å². The number of hydrogen-bond donors (Lipinski definition) is 2. The molecular weight excluding hydrogens is 901 g/mol. The summed E-state index contributed by atoms with van der Waals surface area (Å²) in [4.78, 5) is 52.1. The van der Waals surface area contributed by atoms with Crippen LogP contribution in [0.4, 0.5) is 9.59 Å². The van der Waals surface area contributed by atoms with Crippen LogP contribution in [-0.2, 0) is 46.1 Å². The molecule has 0 spiro atoms. The van der Waals surface area contributed by atoms with Gasteiger partial charge in [-0.15, -0.1) is 0 Å². The zero-order valence-corrected chi connectivity index (χ0v) is 44.7. The van der Waals surface area contributed by atoms with E-state index in [0.29, 0.717) is 75.4 Å². The van der Waals surface area contributed by atoms with Gasteiger partial charge in [-0.1, -0.05) is 39.8 Å². The van der Waals surface area contributed by atoms with Crippen LogP contribution in [0.3, 0.4) is 0 Å². The summed E-state index contributed by atoms with van der Waals surface area (Å²) in [5.41, 5.74) is 0.630. The van der Waals surface area contributed by atoms with E-state index in [2.05, 4.69) is 39.1 Å². The lowest BCUT2D eigenvalue weighted by Gasteiger charge is -2.41. The SMILES string of the molecule is COCCCOc1cc(C[C@@H](C[C@@H]2NC(=O)CC[C@@H]2O)C(C)C)ccc1OC.COCCCOc1cc(C[C@@H](C[C@H]2[C@@H](OC(=O)OC(C)(C)C)CCC(=O)N2C(=O)OC(C)(C)C)C(C)C)ccc1OC. The number of aliphatic hydroxyl groups is 1. The van der Waals surface area contributed by atoms with Crippen molar-refractivity contribution in [2.24, 2.45) is 23.7 Å². The van der Waals surface area contributed by atoms with Gasteiger partial charge in [0.2, 0.25) is 11.8 Å². The first-order valence-corrected chi connectivity index (χ1v) is 25.0. The van der Waals surface area contributed by atoms with Crippen molar-refractivity contribution in [3.8, 4) is 23.0 Å². The summed E-state index contributed by atoms with van der Waals surface area (Å²) >= 11 is 0. The summed E-state index contributed by atoms with van der Waals surface area (Å²) in [5.74, 6) is 3.39. The van der Waals surface area contributed by atoms with Crippen molar-refractivity contribution in [1.29, 1.82) is 0 Å². The molecule has 2 aromatic carbocycles. The molecule has 4 rings (SSSR count). The van der Waals surface area contributed by atoms with Crippen molar-refractivity contribution in [1.82, 2.24) is 10.2 Å². The van der Waals surface area contributed by atoms with Crippen LogP contribution in [0.15, 0.2) is 36.4 Å². The van der Waals surface area contributed by atoms with E-state index in [4.69, 9.17) is 42.6 Å². The zero-order chi connectivity index (χ0) is 52.2. The Hall–Kier alpha value is -4.80. The third-order valence-electron chi connectivity index (χ3n) is 12.3. The highest BCUT2D eigenvalue weighted by atomic mass is 16.7. The lowest BCUT2D eigenvalue weighted by Crippen LogP contribution is -2.57. The van der Waals surface area contributed by atoms with Crippen molar-refractivity contribution in [3.63, 3.8) is 0 Å². The summed E-state index contributed by atoms with van der Waals surface area (Å²) in [7, 11) is 6.57. The molecule has 0 radical (unpaired) electrons. The molecule has 2 N–H and O–H groups in total. The number of amides is 3. The van der Waals surface area contributed by atoms with Gasteiger partial charge in [-0.3, -0.25) is 9.59 Å². The predicted molar refractivity (Wildman–Crippen MR) is 268 cm³/mol. The number of nitrogens with one attached hydrogen (secondary N) is 1. The molecule has 70 heavy (non-hydrogen) atoms. The summed E-state index contributed by atoms with van der Waals surface area (Å²) in [6.07, 6.45) is 2.75. The van der Waals surface area contributed by atoms with E-state index in [1.807, 2.05) is 30.3 Å². The average molecular weight is 987 g/mol. The minimum absolute atomic E-state index is 0.0188. The van der Waals surface area contributed by atoms with Crippen LogP contribution in [0.5, 0.6) is 23.0 Å². The molecule has 16 heteroatoms. The summed E-state index contributed by atoms with van der Waals surface area (Å²) in [6, 6.07) is 11.0. The van der Waals surface area contributed by atoms with E-state index >= 15 is 0 Å². The standard InChI is InChI=1S/C32H51NO9.C22H35NO5/c1-21(2)23(18-22-12-13-26(38-10)27(19-22)39-17-11-16-37-9)20-24-25(40-30(36)42-32(6,7)8)14-15-28(34)33(24)29(35)41-31(3,4)5;1-15(2)17(14-18-19(24)7-9-22(25)23-18)12-16-6-8-20(27-4)21(13-16)28-11-5-10-26-3/h12-13,19,21,23-25H,11,14-18,20H2,1-10H3;6,8,13,15,17-19,24H,5,7,9-12,14H2,1-4H3,(H,23,25)/t23-,24-,25-;17-,18-,19-/m00/s1. The number of hydrogen-bond acceptors (Lipinski definition) is 14. The smallest absolute Gasteiger partial charge is 0.493 e. The van der Waals surface area contributed by atoms with Gasteiger partial charge in [0.1, 0.15) is 17.3 Å². The number of carbonyl (C=O) groups is 4. The minimum atomic E-state index is -0.831. The number of methoxy groups -OCH3 is 4. The van der Waals surface area contributed by atoms with Gasteiger partial charge in [0.25, 0.3) is 0 Å². The van der Waals surface area contributed by atoms with Crippen LogP contribution < -0.4 is 24.3 Å². The normalized spacial score (nSPS) is 19.4. The predicted octanol–water partition coefficient (Wildman–Crippen LogP) is 9.52. The van der Waals surface area contributed by atoms with E-state index in [-0.39, 0.29) is 42.5 Å². The fourth-order valence-corrected chi connectivity index (χ4v) is 8.46. The number of imide groups is 1. The first kappa shape index (κ1) is 59.5. The molecule has 396 valence electrons. The average Bonchev–Trinajstić information content (AvgIpc) is 3.27. The van der Waals surface area contributed by atoms with Crippen LogP contribution in [0, 0.1) is 23.7 Å². The van der Waals surface area contributed by atoms with Crippen molar-refractivity contribution in [3.05, 3.63) is 47.5 Å². The van der Waals surface area contributed by atoms with Crippen LogP contribution in [0.2, 0.25) is 0 Å². The number of rotatable bonds is 23. The first-order valence-electron chi connectivity index (χ1n) is 25.0. The number of ether oxygens (including phenoxy) is 9. The van der Waals surface area contributed by atoms with Crippen molar-refractivity contribution < 1.29 is 66.9 Å². The van der Waals surface area contributed by atoms with Crippen LogP contribution in [-0.4, -0.2) is 124 Å². The molecular formula is C54H86N2O14. The Morgan fingerprint density at radius 3 is 1.64 bits per heavy atom. The minimum Gasteiger partial charge on any atom is -0.493 e. The van der Waals surface area contributed by atoms with Gasteiger partial charge in [0.15, 0.2) is 23.0 Å². The molecule has 0 aromatic heterocycles. The number of carbonyl (C=O) groups excluding carboxylic acids is 4. The summed E-state index contributed by atoms with van der Waals surface area (Å²) < 4.78 is 49.8. The number of benzene rings is 2. The van der Waals surface area contributed by atoms with Gasteiger partial charge >= 0.3 is 12.2 Å². The molecule has 3 amide bonds. The molecule has 2 saturated heterocycles. The maximum absolute atomic E-state index is 13.3. The number of aliphatic hydroxyl groups excluding tert-OH is 1. The number of likely N-dealkylation sites (tertiary alicyclic amines) is 1. The van der Waals surface area contributed by atoms with Crippen molar-refractivity contribution >= 4 is 24.1 Å². The molecule has 2 aromatic rings. The second kappa shape index (κ2) is 28.9. The first-order chi connectivity index (χ1) is 33.0. The third-order valence-corrected chi connectivity index (χ3v) is 12.3. The Labute approximate surface area is 418 Å². The Bertz CT molecular complexity index is 1920. The van der Waals surface area contributed by atoms with Crippen molar-refractivity contribution in [2.45, 2.75) is 169 Å². The summed E-state index contributed by atoms with van der Waals surface area (Å²) in [6.45, 7) is 21.4. The second-order valence-electron chi connectivity index (χ2n) is 21.0. The van der Waals surface area contributed by atoms with Crippen molar-refractivity contribution in [2.75, 3.05) is 54.9 Å². The summed E-state index contributed by atoms with van der Waals surface area (Å²) in [5, 5.41) is 13.2. The van der Waals surface area contributed by atoms with Crippen LogP contribution in [0.25, 0.3) is 0 Å². The van der Waals surface area contributed by atoms with Crippen LogP contribution in [0.1, 0.15) is 132 Å². The molecule has 16 nitrogen and oxygen atoms in total. The molecule has 6 atom stereocenters.